The maximum atomic E-state index is 13.0. The summed E-state index contributed by atoms with van der Waals surface area (Å²) in [6.07, 6.45) is 0. The van der Waals surface area contributed by atoms with E-state index in [1.807, 2.05) is 24.3 Å². The van der Waals surface area contributed by atoms with E-state index in [0.29, 0.717) is 57.5 Å². The van der Waals surface area contributed by atoms with Gasteiger partial charge in [0.05, 0.1) is 32.8 Å². The van der Waals surface area contributed by atoms with Crippen LogP contribution in [0.4, 0.5) is 0 Å². The summed E-state index contributed by atoms with van der Waals surface area (Å²) in [6.45, 7) is 1.04. The van der Waals surface area contributed by atoms with Crippen molar-refractivity contribution in [2.75, 3.05) is 38.8 Å². The summed E-state index contributed by atoms with van der Waals surface area (Å²) in [5.41, 5.74) is 1.07. The molecule has 1 saturated heterocycles. The predicted octanol–water partition coefficient (Wildman–Crippen LogP) is 2.39. The fourth-order valence-electron chi connectivity index (χ4n) is 3.93. The first kappa shape index (κ1) is 21.1. The molecule has 0 bridgehead atoms. The number of hydrogen-bond acceptors (Lipinski definition) is 5. The topological polar surface area (TPSA) is 81.0 Å². The molecule has 0 spiro atoms. The highest BCUT2D eigenvalue weighted by atomic mass is 32.2. The Bertz CT molecular complexity index is 1200. The van der Waals surface area contributed by atoms with Crippen LogP contribution in [0.1, 0.15) is 10.4 Å². The van der Waals surface area contributed by atoms with Gasteiger partial charge in [-0.3, -0.25) is 9.59 Å². The summed E-state index contributed by atoms with van der Waals surface area (Å²) < 4.78 is 12.1. The van der Waals surface area contributed by atoms with Crippen LogP contribution < -0.4 is 15.0 Å². The van der Waals surface area contributed by atoms with Gasteiger partial charge in [-0.2, -0.15) is 0 Å². The number of rotatable bonds is 4. The van der Waals surface area contributed by atoms with Crippen molar-refractivity contribution in [3.8, 4) is 17.2 Å². The lowest BCUT2D eigenvalue weighted by atomic mass is 10.1. The van der Waals surface area contributed by atoms with Crippen molar-refractivity contribution in [3.05, 3.63) is 58.4 Å². The molecule has 0 aliphatic carbocycles. The van der Waals surface area contributed by atoms with Crippen molar-refractivity contribution in [2.24, 2.45) is 7.05 Å². The van der Waals surface area contributed by atoms with Crippen LogP contribution in [-0.4, -0.2) is 59.3 Å². The molecule has 1 N–H and O–H groups in total. The van der Waals surface area contributed by atoms with Gasteiger partial charge in [0, 0.05) is 28.9 Å². The van der Waals surface area contributed by atoms with Crippen LogP contribution in [0.2, 0.25) is 0 Å². The number of fused-ring (bicyclic) bond motifs is 1. The van der Waals surface area contributed by atoms with Crippen molar-refractivity contribution >= 4 is 27.7 Å². The first-order valence-corrected chi connectivity index (χ1v) is 11.5. The molecule has 2 heterocycles. The number of methoxy groups -OCH3 is 2. The molecule has 1 aromatic heterocycles. The molecular weight excluding hydrogens is 416 g/mol. The SMILES string of the molecule is COc1ccc(C(=O)N2CC[S+](c3c(O)c4ccccc4n(C)c3=O)CC2)cc1OC. The molecule has 8 heteroatoms. The Hall–Kier alpha value is -3.13. The van der Waals surface area contributed by atoms with E-state index in [2.05, 4.69) is 0 Å². The molecule has 31 heavy (non-hydrogen) atoms. The maximum absolute atomic E-state index is 13.0. The molecule has 0 unspecified atom stereocenters. The standard InChI is InChI=1S/C23H24N2O5S/c1-24-17-7-5-4-6-16(17)20(26)21(23(24)28)31-12-10-25(11-13-31)22(27)15-8-9-18(29-2)19(14-15)30-3/h4-9,14H,10-13H2,1-3H3/p+1. The Labute approximate surface area is 183 Å². The van der Waals surface area contributed by atoms with Gasteiger partial charge in [0.2, 0.25) is 0 Å². The number of amides is 1. The lowest BCUT2D eigenvalue weighted by Crippen LogP contribution is -2.45. The molecule has 0 atom stereocenters. The zero-order valence-electron chi connectivity index (χ0n) is 17.8. The van der Waals surface area contributed by atoms with E-state index in [-0.39, 0.29) is 17.2 Å². The number of aromatic nitrogens is 1. The zero-order chi connectivity index (χ0) is 22.1. The van der Waals surface area contributed by atoms with Gasteiger partial charge in [0.1, 0.15) is 11.5 Å². The first-order chi connectivity index (χ1) is 15.0. The van der Waals surface area contributed by atoms with E-state index in [1.165, 1.54) is 7.11 Å². The van der Waals surface area contributed by atoms with Gasteiger partial charge in [-0.15, -0.1) is 0 Å². The van der Waals surface area contributed by atoms with Crippen LogP contribution in [-0.2, 0) is 17.9 Å². The third-order valence-corrected chi connectivity index (χ3v) is 7.95. The van der Waals surface area contributed by atoms with Gasteiger partial charge in [0.15, 0.2) is 17.2 Å². The smallest absolute Gasteiger partial charge is 0.310 e. The minimum absolute atomic E-state index is 0.0710. The molecule has 1 fully saturated rings. The third-order valence-electron chi connectivity index (χ3n) is 5.66. The van der Waals surface area contributed by atoms with E-state index in [1.54, 1.807) is 41.8 Å². The fourth-order valence-corrected chi connectivity index (χ4v) is 6.19. The number of carbonyl (C=O) groups is 1. The normalized spacial score (nSPS) is 14.6. The second-order valence-corrected chi connectivity index (χ2v) is 9.53. The van der Waals surface area contributed by atoms with Crippen LogP contribution in [0, 0.1) is 0 Å². The van der Waals surface area contributed by atoms with Crippen LogP contribution >= 0.6 is 0 Å². The quantitative estimate of drug-likeness (QED) is 0.629. The second-order valence-electron chi connectivity index (χ2n) is 7.32. The van der Waals surface area contributed by atoms with Crippen LogP contribution in [0.3, 0.4) is 0 Å². The monoisotopic (exact) mass is 441 g/mol. The largest absolute Gasteiger partial charge is 0.503 e. The Morgan fingerprint density at radius 1 is 1.03 bits per heavy atom. The summed E-state index contributed by atoms with van der Waals surface area (Å²) in [4.78, 5) is 28.2. The highest BCUT2D eigenvalue weighted by Gasteiger charge is 2.37. The lowest BCUT2D eigenvalue weighted by molar-refractivity contribution is 0.0771. The molecule has 1 amide bonds. The minimum atomic E-state index is -0.424. The van der Waals surface area contributed by atoms with Crippen molar-refractivity contribution in [1.29, 1.82) is 0 Å². The van der Waals surface area contributed by atoms with Crippen molar-refractivity contribution in [3.63, 3.8) is 0 Å². The number of hydrogen-bond donors (Lipinski definition) is 1. The number of para-hydroxylation sites is 1. The molecule has 1 aliphatic rings. The Morgan fingerprint density at radius 2 is 1.71 bits per heavy atom. The van der Waals surface area contributed by atoms with Crippen molar-refractivity contribution in [1.82, 2.24) is 9.47 Å². The Kier molecular flexibility index (Phi) is 5.82. The van der Waals surface area contributed by atoms with E-state index >= 15 is 0 Å². The number of ether oxygens (including phenoxy) is 2. The minimum Gasteiger partial charge on any atom is -0.503 e. The molecule has 0 radical (unpaired) electrons. The number of benzene rings is 2. The van der Waals surface area contributed by atoms with Crippen molar-refractivity contribution in [2.45, 2.75) is 4.90 Å². The van der Waals surface area contributed by atoms with E-state index in [4.69, 9.17) is 9.47 Å². The first-order valence-electron chi connectivity index (χ1n) is 9.95. The van der Waals surface area contributed by atoms with Gasteiger partial charge in [-0.1, -0.05) is 12.1 Å². The Balaban J connectivity index is 1.56. The molecule has 3 aromatic rings. The van der Waals surface area contributed by atoms with E-state index < -0.39 is 10.9 Å². The molecule has 162 valence electrons. The van der Waals surface area contributed by atoms with Crippen LogP contribution in [0.15, 0.2) is 52.2 Å². The number of aromatic hydroxyl groups is 1. The number of carbonyl (C=O) groups excluding carboxylic acids is 1. The summed E-state index contributed by atoms with van der Waals surface area (Å²) in [5.74, 6) is 2.35. The average molecular weight is 442 g/mol. The van der Waals surface area contributed by atoms with Crippen LogP contribution in [0.25, 0.3) is 10.9 Å². The molecule has 2 aromatic carbocycles. The summed E-state index contributed by atoms with van der Waals surface area (Å²) >= 11 is 0. The average Bonchev–Trinajstić information content (AvgIpc) is 2.82. The highest BCUT2D eigenvalue weighted by molar-refractivity contribution is 7.97. The van der Waals surface area contributed by atoms with Gasteiger partial charge < -0.3 is 24.0 Å². The number of aryl methyl sites for hydroxylation is 1. The molecule has 7 nitrogen and oxygen atoms in total. The zero-order valence-corrected chi connectivity index (χ0v) is 18.6. The maximum Gasteiger partial charge on any atom is 0.310 e. The van der Waals surface area contributed by atoms with Crippen LogP contribution in [0.5, 0.6) is 17.2 Å². The van der Waals surface area contributed by atoms with E-state index in [0.717, 1.165) is 0 Å². The molecule has 1 aliphatic heterocycles. The summed E-state index contributed by atoms with van der Waals surface area (Å²) in [5, 5.41) is 11.5. The number of pyridine rings is 1. The second kappa shape index (κ2) is 8.55. The van der Waals surface area contributed by atoms with Gasteiger partial charge in [-0.05, 0) is 30.3 Å². The van der Waals surface area contributed by atoms with Gasteiger partial charge >= 0.3 is 5.56 Å². The summed E-state index contributed by atoms with van der Waals surface area (Å²) in [6, 6.07) is 12.5. The van der Waals surface area contributed by atoms with E-state index in [9.17, 15) is 14.7 Å². The fraction of sp³-hybridized carbons (Fsp3) is 0.304. The van der Waals surface area contributed by atoms with Crippen molar-refractivity contribution < 1.29 is 19.4 Å². The summed E-state index contributed by atoms with van der Waals surface area (Å²) in [7, 11) is 4.40. The molecule has 0 saturated carbocycles. The third kappa shape index (κ3) is 3.72. The molecule has 4 rings (SSSR count). The lowest BCUT2D eigenvalue weighted by Gasteiger charge is -2.27. The van der Waals surface area contributed by atoms with Gasteiger partial charge in [-0.25, -0.2) is 0 Å². The van der Waals surface area contributed by atoms with Gasteiger partial charge in [0.25, 0.3) is 10.8 Å². The predicted molar refractivity (Wildman–Crippen MR) is 122 cm³/mol. The molecular formula is C23H25N2O5S+. The highest BCUT2D eigenvalue weighted by Crippen LogP contribution is 2.32. The number of nitrogens with zero attached hydrogens (tertiary/aromatic N) is 2. The Morgan fingerprint density at radius 3 is 2.39 bits per heavy atom.